The van der Waals surface area contributed by atoms with E-state index in [4.69, 9.17) is 0 Å². The molecule has 21 heavy (non-hydrogen) atoms. The van der Waals surface area contributed by atoms with Crippen LogP contribution in [0.15, 0.2) is 42.5 Å². The number of halogens is 3. The third-order valence-corrected chi connectivity index (χ3v) is 3.27. The molecule has 0 atom stereocenters. The van der Waals surface area contributed by atoms with Crippen molar-refractivity contribution >= 4 is 6.08 Å². The van der Waals surface area contributed by atoms with Gasteiger partial charge in [-0.1, -0.05) is 43.3 Å². The highest BCUT2D eigenvalue weighted by Gasteiger charge is 2.10. The van der Waals surface area contributed by atoms with Gasteiger partial charge in [0.15, 0.2) is 17.5 Å². The van der Waals surface area contributed by atoms with Crippen LogP contribution in [-0.2, 0) is 12.8 Å². The topological polar surface area (TPSA) is 0 Å². The second kappa shape index (κ2) is 7.11. The summed E-state index contributed by atoms with van der Waals surface area (Å²) in [6, 6.07) is 10.1. The zero-order chi connectivity index (χ0) is 15.2. The molecule has 0 heterocycles. The van der Waals surface area contributed by atoms with Crippen LogP contribution >= 0.6 is 0 Å². The molecule has 0 radical (unpaired) electrons. The Hall–Kier alpha value is -2.03. The van der Waals surface area contributed by atoms with E-state index in [-0.39, 0.29) is 0 Å². The Morgan fingerprint density at radius 3 is 2.00 bits per heavy atom. The fourth-order valence-corrected chi connectivity index (χ4v) is 2.09. The SMILES string of the molecule is CCC=Cc1ccc(CCc2cc(F)c(F)c(F)c2)cc1. The number of benzene rings is 2. The van der Waals surface area contributed by atoms with Crippen LogP contribution < -0.4 is 0 Å². The molecule has 2 aromatic carbocycles. The Labute approximate surface area is 122 Å². The van der Waals surface area contributed by atoms with Crippen LogP contribution in [0.3, 0.4) is 0 Å². The van der Waals surface area contributed by atoms with E-state index in [1.807, 2.05) is 24.3 Å². The minimum absolute atomic E-state index is 0.460. The Morgan fingerprint density at radius 1 is 0.857 bits per heavy atom. The van der Waals surface area contributed by atoms with Gasteiger partial charge in [0.2, 0.25) is 0 Å². The van der Waals surface area contributed by atoms with Crippen molar-refractivity contribution in [2.75, 3.05) is 0 Å². The molecular weight excluding hydrogens is 273 g/mol. The summed E-state index contributed by atoms with van der Waals surface area (Å²) in [5.74, 6) is -3.68. The Bertz CT molecular complexity index is 604. The molecule has 0 N–H and O–H groups in total. The largest absolute Gasteiger partial charge is 0.204 e. The molecule has 0 bridgehead atoms. The molecule has 3 heteroatoms. The van der Waals surface area contributed by atoms with Gasteiger partial charge in [-0.25, -0.2) is 13.2 Å². The fourth-order valence-electron chi connectivity index (χ4n) is 2.09. The van der Waals surface area contributed by atoms with Gasteiger partial charge in [0.1, 0.15) is 0 Å². The molecular formula is C18H17F3. The lowest BCUT2D eigenvalue weighted by molar-refractivity contribution is 0.445. The standard InChI is InChI=1S/C18H17F3/c1-2-3-4-13-5-7-14(8-6-13)9-10-15-11-16(19)18(21)17(20)12-15/h3-8,11-12H,2,9-10H2,1H3. The minimum atomic E-state index is -1.41. The highest BCUT2D eigenvalue weighted by Crippen LogP contribution is 2.16. The molecule has 0 unspecified atom stereocenters. The predicted octanol–water partition coefficient (Wildman–Crippen LogP) is 5.31. The van der Waals surface area contributed by atoms with Crippen LogP contribution in [0.25, 0.3) is 6.08 Å². The van der Waals surface area contributed by atoms with Crippen molar-refractivity contribution in [2.24, 2.45) is 0 Å². The highest BCUT2D eigenvalue weighted by atomic mass is 19.2. The van der Waals surface area contributed by atoms with Crippen molar-refractivity contribution in [2.45, 2.75) is 26.2 Å². The monoisotopic (exact) mass is 290 g/mol. The summed E-state index contributed by atoms with van der Waals surface area (Å²) in [5, 5.41) is 0. The van der Waals surface area contributed by atoms with Gasteiger partial charge in [0.05, 0.1) is 0 Å². The lowest BCUT2D eigenvalue weighted by Crippen LogP contribution is -1.97. The van der Waals surface area contributed by atoms with Gasteiger partial charge >= 0.3 is 0 Å². The molecule has 2 aromatic rings. The summed E-state index contributed by atoms with van der Waals surface area (Å²) in [5.41, 5.74) is 2.66. The smallest absolute Gasteiger partial charge is 0.194 e. The Balaban J connectivity index is 2.01. The van der Waals surface area contributed by atoms with E-state index >= 15 is 0 Å². The molecule has 0 aliphatic carbocycles. The van der Waals surface area contributed by atoms with E-state index in [0.717, 1.165) is 29.7 Å². The molecule has 0 spiro atoms. The summed E-state index contributed by atoms with van der Waals surface area (Å²) < 4.78 is 39.1. The van der Waals surface area contributed by atoms with Crippen LogP contribution in [-0.4, -0.2) is 0 Å². The van der Waals surface area contributed by atoms with Crippen LogP contribution in [0.2, 0.25) is 0 Å². The summed E-state index contributed by atoms with van der Waals surface area (Å²) >= 11 is 0. The van der Waals surface area contributed by atoms with E-state index in [2.05, 4.69) is 19.1 Å². The molecule has 0 saturated carbocycles. The molecule has 0 aliphatic rings. The first-order chi connectivity index (χ1) is 10.1. The van der Waals surface area contributed by atoms with Crippen molar-refractivity contribution in [1.29, 1.82) is 0 Å². The van der Waals surface area contributed by atoms with Crippen LogP contribution in [0.5, 0.6) is 0 Å². The minimum Gasteiger partial charge on any atom is -0.204 e. The third-order valence-electron chi connectivity index (χ3n) is 3.27. The number of hydrogen-bond donors (Lipinski definition) is 0. The highest BCUT2D eigenvalue weighted by molar-refractivity contribution is 5.49. The molecule has 0 nitrogen and oxygen atoms in total. The van der Waals surface area contributed by atoms with Crippen molar-refractivity contribution in [1.82, 2.24) is 0 Å². The summed E-state index contributed by atoms with van der Waals surface area (Å²) in [7, 11) is 0. The number of rotatable bonds is 5. The summed E-state index contributed by atoms with van der Waals surface area (Å²) in [4.78, 5) is 0. The first kappa shape index (κ1) is 15.4. The Morgan fingerprint density at radius 2 is 1.43 bits per heavy atom. The maximum atomic E-state index is 13.1. The van der Waals surface area contributed by atoms with Gasteiger partial charge in [0.25, 0.3) is 0 Å². The zero-order valence-corrected chi connectivity index (χ0v) is 11.9. The lowest BCUT2D eigenvalue weighted by Gasteiger charge is -2.04. The van der Waals surface area contributed by atoms with Gasteiger partial charge in [0, 0.05) is 0 Å². The maximum Gasteiger partial charge on any atom is 0.194 e. The Kier molecular flexibility index (Phi) is 5.20. The number of allylic oxidation sites excluding steroid dienone is 1. The van der Waals surface area contributed by atoms with Gasteiger partial charge in [-0.15, -0.1) is 0 Å². The second-order valence-corrected chi connectivity index (χ2v) is 4.93. The average Bonchev–Trinajstić information content (AvgIpc) is 2.49. The molecule has 0 aromatic heterocycles. The summed E-state index contributed by atoms with van der Waals surface area (Å²) in [6.07, 6.45) is 6.25. The molecule has 0 aliphatic heterocycles. The van der Waals surface area contributed by atoms with E-state index in [9.17, 15) is 13.2 Å². The lowest BCUT2D eigenvalue weighted by atomic mass is 10.0. The van der Waals surface area contributed by atoms with Crippen molar-refractivity contribution in [3.63, 3.8) is 0 Å². The predicted molar refractivity (Wildman–Crippen MR) is 79.5 cm³/mol. The molecule has 2 rings (SSSR count). The molecule has 110 valence electrons. The molecule has 0 saturated heterocycles. The van der Waals surface area contributed by atoms with E-state index in [1.165, 1.54) is 0 Å². The van der Waals surface area contributed by atoms with Crippen LogP contribution in [0.1, 0.15) is 30.0 Å². The van der Waals surface area contributed by atoms with E-state index < -0.39 is 17.5 Å². The first-order valence-electron chi connectivity index (χ1n) is 6.99. The van der Waals surface area contributed by atoms with Gasteiger partial charge in [-0.05, 0) is 48.1 Å². The average molecular weight is 290 g/mol. The third kappa shape index (κ3) is 4.22. The maximum absolute atomic E-state index is 13.1. The quantitative estimate of drug-likeness (QED) is 0.654. The van der Waals surface area contributed by atoms with Crippen molar-refractivity contribution in [3.8, 4) is 0 Å². The zero-order valence-electron chi connectivity index (χ0n) is 11.9. The van der Waals surface area contributed by atoms with Crippen molar-refractivity contribution < 1.29 is 13.2 Å². The normalized spacial score (nSPS) is 11.2. The van der Waals surface area contributed by atoms with Gasteiger partial charge in [-0.3, -0.25) is 0 Å². The van der Waals surface area contributed by atoms with Crippen molar-refractivity contribution in [3.05, 3.63) is 76.6 Å². The van der Waals surface area contributed by atoms with E-state index in [0.29, 0.717) is 18.4 Å². The summed E-state index contributed by atoms with van der Waals surface area (Å²) in [6.45, 7) is 2.08. The van der Waals surface area contributed by atoms with E-state index in [1.54, 1.807) is 0 Å². The second-order valence-electron chi connectivity index (χ2n) is 4.93. The molecule has 0 fully saturated rings. The van der Waals surface area contributed by atoms with Gasteiger partial charge < -0.3 is 0 Å². The fraction of sp³-hybridized carbons (Fsp3) is 0.222. The van der Waals surface area contributed by atoms with Gasteiger partial charge in [-0.2, -0.15) is 0 Å². The number of aryl methyl sites for hydroxylation is 2. The van der Waals surface area contributed by atoms with Crippen LogP contribution in [0, 0.1) is 17.5 Å². The number of hydrogen-bond acceptors (Lipinski definition) is 0. The first-order valence-corrected chi connectivity index (χ1v) is 6.99. The molecule has 0 amide bonds. The van der Waals surface area contributed by atoms with Crippen LogP contribution in [0.4, 0.5) is 13.2 Å².